The number of benzene rings is 1. The number of aliphatic imine (C=N–C) groups is 1. The summed E-state index contributed by atoms with van der Waals surface area (Å²) in [7, 11) is 0. The number of nitrogens with zero attached hydrogens (tertiary/aromatic N) is 1. The summed E-state index contributed by atoms with van der Waals surface area (Å²) in [6.45, 7) is 8.53. The van der Waals surface area contributed by atoms with Gasteiger partial charge >= 0.3 is 0 Å². The smallest absolute Gasteiger partial charge is 0.242 e. The highest BCUT2D eigenvalue weighted by atomic mass is 127. The maximum absolute atomic E-state index is 11.9. The average molecular weight is 464 g/mol. The Hall–Kier alpha value is -0.960. The third kappa shape index (κ3) is 10.0. The summed E-state index contributed by atoms with van der Waals surface area (Å²) in [6, 6.07) is 9.85. The third-order valence-corrected chi connectivity index (χ3v) is 4.54. The fourth-order valence-electron chi connectivity index (χ4n) is 1.71. The molecule has 0 fully saturated rings. The summed E-state index contributed by atoms with van der Waals surface area (Å²) in [6.07, 6.45) is 2.09. The molecule has 1 rings (SSSR count). The van der Waals surface area contributed by atoms with Crippen LogP contribution in [0.1, 0.15) is 26.3 Å². The number of thioether (sulfide) groups is 1. The van der Waals surface area contributed by atoms with E-state index in [9.17, 15) is 4.79 Å². The van der Waals surface area contributed by atoms with Crippen LogP contribution in [0.15, 0.2) is 35.3 Å². The molecule has 0 unspecified atom stereocenters. The molecule has 0 aliphatic carbocycles. The van der Waals surface area contributed by atoms with E-state index in [-0.39, 0.29) is 41.2 Å². The van der Waals surface area contributed by atoms with Gasteiger partial charge in [0, 0.05) is 24.4 Å². The molecule has 24 heavy (non-hydrogen) atoms. The molecule has 0 bridgehead atoms. The molecule has 0 aliphatic heterocycles. The Bertz CT molecular complexity index is 509. The SMILES string of the molecule is CCNC(=NCC(=O)NCc1ccccc1)NCC(C)(C)SC.I. The van der Waals surface area contributed by atoms with Crippen LogP contribution in [0.4, 0.5) is 0 Å². The Morgan fingerprint density at radius 1 is 1.17 bits per heavy atom. The van der Waals surface area contributed by atoms with E-state index in [1.54, 1.807) is 11.8 Å². The van der Waals surface area contributed by atoms with Crippen LogP contribution in [0.5, 0.6) is 0 Å². The maximum atomic E-state index is 11.9. The lowest BCUT2D eigenvalue weighted by atomic mass is 10.2. The lowest BCUT2D eigenvalue weighted by Crippen LogP contribution is -2.43. The number of rotatable bonds is 8. The molecule has 0 saturated carbocycles. The molecule has 1 aromatic carbocycles. The first-order chi connectivity index (χ1) is 11.0. The molecule has 136 valence electrons. The van der Waals surface area contributed by atoms with Crippen molar-refractivity contribution in [3.05, 3.63) is 35.9 Å². The zero-order valence-electron chi connectivity index (χ0n) is 14.9. The van der Waals surface area contributed by atoms with Gasteiger partial charge in [0.25, 0.3) is 0 Å². The summed E-state index contributed by atoms with van der Waals surface area (Å²) in [4.78, 5) is 16.2. The van der Waals surface area contributed by atoms with Gasteiger partial charge in [0.05, 0.1) is 0 Å². The van der Waals surface area contributed by atoms with Crippen LogP contribution in [0.25, 0.3) is 0 Å². The van der Waals surface area contributed by atoms with Gasteiger partial charge in [-0.25, -0.2) is 4.99 Å². The standard InChI is InChI=1S/C17H28N4OS.HI/c1-5-18-16(21-13-17(2,3)23-4)20-12-15(22)19-11-14-9-7-6-8-10-14;/h6-10H,5,11-13H2,1-4H3,(H,19,22)(H2,18,20,21);1H. The summed E-state index contributed by atoms with van der Waals surface area (Å²) < 4.78 is 0.117. The van der Waals surface area contributed by atoms with Gasteiger partial charge in [-0.3, -0.25) is 4.79 Å². The van der Waals surface area contributed by atoms with Gasteiger partial charge in [0.15, 0.2) is 5.96 Å². The molecule has 7 heteroatoms. The van der Waals surface area contributed by atoms with Gasteiger partial charge in [-0.1, -0.05) is 30.3 Å². The van der Waals surface area contributed by atoms with Crippen molar-refractivity contribution in [3.8, 4) is 0 Å². The second-order valence-electron chi connectivity index (χ2n) is 5.77. The molecule has 0 radical (unpaired) electrons. The topological polar surface area (TPSA) is 65.5 Å². The second-order valence-corrected chi connectivity index (χ2v) is 7.29. The van der Waals surface area contributed by atoms with E-state index in [1.165, 1.54) is 0 Å². The molecule has 0 aliphatic rings. The Morgan fingerprint density at radius 2 is 1.83 bits per heavy atom. The first-order valence-corrected chi connectivity index (χ1v) is 9.07. The minimum Gasteiger partial charge on any atom is -0.357 e. The lowest BCUT2D eigenvalue weighted by molar-refractivity contribution is -0.119. The predicted molar refractivity (Wildman–Crippen MR) is 115 cm³/mol. The second kappa shape index (κ2) is 12.4. The van der Waals surface area contributed by atoms with Crippen molar-refractivity contribution in [2.75, 3.05) is 25.9 Å². The number of amides is 1. The van der Waals surface area contributed by atoms with Crippen molar-refractivity contribution in [2.24, 2.45) is 4.99 Å². The van der Waals surface area contributed by atoms with Gasteiger partial charge in [-0.15, -0.1) is 24.0 Å². The Balaban J connectivity index is 0.00000529. The van der Waals surface area contributed by atoms with E-state index < -0.39 is 0 Å². The Kier molecular flexibility index (Phi) is 11.9. The van der Waals surface area contributed by atoms with E-state index in [0.29, 0.717) is 12.5 Å². The number of halogens is 1. The van der Waals surface area contributed by atoms with Gasteiger partial charge in [-0.2, -0.15) is 11.8 Å². The molecule has 0 aromatic heterocycles. The lowest BCUT2D eigenvalue weighted by Gasteiger charge is -2.23. The minimum atomic E-state index is -0.0878. The quantitative estimate of drug-likeness (QED) is 0.315. The molecule has 3 N–H and O–H groups in total. The number of carbonyl (C=O) groups is 1. The Morgan fingerprint density at radius 3 is 2.42 bits per heavy atom. The van der Waals surface area contributed by atoms with Gasteiger partial charge in [0.2, 0.25) is 5.91 Å². The van der Waals surface area contributed by atoms with Gasteiger partial charge < -0.3 is 16.0 Å². The van der Waals surface area contributed by atoms with Crippen LogP contribution in [-0.2, 0) is 11.3 Å². The number of hydrogen-bond acceptors (Lipinski definition) is 3. The van der Waals surface area contributed by atoms with Crippen LogP contribution >= 0.6 is 35.7 Å². The highest BCUT2D eigenvalue weighted by Crippen LogP contribution is 2.19. The van der Waals surface area contributed by atoms with Gasteiger partial charge in [-0.05, 0) is 32.6 Å². The summed E-state index contributed by atoms with van der Waals surface area (Å²) >= 11 is 1.79. The van der Waals surface area contributed by atoms with Crippen molar-refractivity contribution in [3.63, 3.8) is 0 Å². The van der Waals surface area contributed by atoms with Crippen molar-refractivity contribution in [2.45, 2.75) is 32.1 Å². The van der Waals surface area contributed by atoms with Crippen LogP contribution < -0.4 is 16.0 Å². The Labute approximate surface area is 166 Å². The van der Waals surface area contributed by atoms with Crippen molar-refractivity contribution < 1.29 is 4.79 Å². The largest absolute Gasteiger partial charge is 0.357 e. The number of nitrogens with one attached hydrogen (secondary N) is 3. The first-order valence-electron chi connectivity index (χ1n) is 7.85. The molecular weight excluding hydrogens is 435 g/mol. The monoisotopic (exact) mass is 464 g/mol. The van der Waals surface area contributed by atoms with Gasteiger partial charge in [0.1, 0.15) is 6.54 Å². The summed E-state index contributed by atoms with van der Waals surface area (Å²) in [5.41, 5.74) is 1.08. The molecule has 0 heterocycles. The maximum Gasteiger partial charge on any atom is 0.242 e. The number of carbonyl (C=O) groups excluding carboxylic acids is 1. The van der Waals surface area contributed by atoms with Crippen LogP contribution in [0, 0.1) is 0 Å². The van der Waals surface area contributed by atoms with E-state index in [2.05, 4.69) is 41.0 Å². The highest BCUT2D eigenvalue weighted by molar-refractivity contribution is 14.0. The van der Waals surface area contributed by atoms with E-state index in [4.69, 9.17) is 0 Å². The van der Waals surface area contributed by atoms with E-state index >= 15 is 0 Å². The zero-order chi connectivity index (χ0) is 17.1. The minimum absolute atomic E-state index is 0. The van der Waals surface area contributed by atoms with Crippen LogP contribution in [0.2, 0.25) is 0 Å². The third-order valence-electron chi connectivity index (χ3n) is 3.29. The molecule has 1 aromatic rings. The summed E-state index contributed by atoms with van der Waals surface area (Å²) in [5.74, 6) is 0.583. The highest BCUT2D eigenvalue weighted by Gasteiger charge is 2.16. The van der Waals surface area contributed by atoms with Crippen molar-refractivity contribution >= 4 is 47.6 Å². The molecule has 0 spiro atoms. The van der Waals surface area contributed by atoms with Crippen LogP contribution in [-0.4, -0.2) is 42.5 Å². The molecule has 0 atom stereocenters. The molecular formula is C17H29IN4OS. The van der Waals surface area contributed by atoms with E-state index in [0.717, 1.165) is 18.7 Å². The molecule has 1 amide bonds. The predicted octanol–water partition coefficient (Wildman–Crippen LogP) is 2.62. The van der Waals surface area contributed by atoms with Crippen molar-refractivity contribution in [1.82, 2.24) is 16.0 Å². The first kappa shape index (κ1) is 23.0. The average Bonchev–Trinajstić information content (AvgIpc) is 2.56. The van der Waals surface area contributed by atoms with Crippen LogP contribution in [0.3, 0.4) is 0 Å². The molecule has 5 nitrogen and oxygen atoms in total. The summed E-state index contributed by atoms with van der Waals surface area (Å²) in [5, 5.41) is 9.31. The fraction of sp³-hybridized carbons (Fsp3) is 0.529. The normalized spacial score (nSPS) is 11.4. The van der Waals surface area contributed by atoms with E-state index in [1.807, 2.05) is 37.3 Å². The molecule has 0 saturated heterocycles. The van der Waals surface area contributed by atoms with Crippen molar-refractivity contribution in [1.29, 1.82) is 0 Å². The zero-order valence-corrected chi connectivity index (χ0v) is 18.0. The fourth-order valence-corrected chi connectivity index (χ4v) is 1.93. The number of hydrogen-bond donors (Lipinski definition) is 3. The number of guanidine groups is 1.